The molecule has 170 valence electrons. The zero-order valence-corrected chi connectivity index (χ0v) is 18.9. The highest BCUT2D eigenvalue weighted by Gasteiger charge is 2.21. The number of thioether (sulfide) groups is 1. The first-order valence-electron chi connectivity index (χ1n) is 11.0. The van der Waals surface area contributed by atoms with Crippen molar-refractivity contribution in [1.29, 1.82) is 0 Å². The monoisotopic (exact) mass is 464 g/mol. The molecule has 0 radical (unpaired) electrons. The Labute approximate surface area is 195 Å². The van der Waals surface area contributed by atoms with Crippen molar-refractivity contribution in [2.75, 3.05) is 12.5 Å². The standard InChI is InChI=1S/C24H24N4O4S/c29-22(26-12-17-5-6-20-21(11-17)32-15-31-20)14-33-23-18-3-1-2-4-19(18)28(24(30)27-23)13-16-7-9-25-10-8-16/h5-11H,1-4,12-15H2,(H,26,29). The van der Waals surface area contributed by atoms with Crippen molar-refractivity contribution in [2.45, 2.75) is 43.8 Å². The van der Waals surface area contributed by atoms with Gasteiger partial charge >= 0.3 is 5.69 Å². The summed E-state index contributed by atoms with van der Waals surface area (Å²) in [5.74, 6) is 1.51. The van der Waals surface area contributed by atoms with Crippen molar-refractivity contribution in [2.24, 2.45) is 0 Å². The third kappa shape index (κ3) is 4.88. The summed E-state index contributed by atoms with van der Waals surface area (Å²) in [6.45, 7) is 1.10. The Morgan fingerprint density at radius 2 is 1.88 bits per heavy atom. The van der Waals surface area contributed by atoms with Crippen LogP contribution < -0.4 is 20.5 Å². The van der Waals surface area contributed by atoms with Gasteiger partial charge < -0.3 is 14.8 Å². The molecule has 0 spiro atoms. The van der Waals surface area contributed by atoms with Crippen LogP contribution in [-0.4, -0.2) is 33.0 Å². The predicted octanol–water partition coefficient (Wildman–Crippen LogP) is 2.70. The van der Waals surface area contributed by atoms with E-state index in [0.717, 1.165) is 53.8 Å². The molecule has 1 N–H and O–H groups in total. The van der Waals surface area contributed by atoms with Gasteiger partial charge in [-0.15, -0.1) is 0 Å². The van der Waals surface area contributed by atoms with Gasteiger partial charge in [-0.1, -0.05) is 17.8 Å². The lowest BCUT2D eigenvalue weighted by molar-refractivity contribution is -0.118. The second-order valence-electron chi connectivity index (χ2n) is 8.03. The molecule has 0 fully saturated rings. The number of hydrogen-bond acceptors (Lipinski definition) is 7. The number of ether oxygens (including phenoxy) is 2. The van der Waals surface area contributed by atoms with Crippen LogP contribution in [0.25, 0.3) is 0 Å². The Morgan fingerprint density at radius 1 is 1.06 bits per heavy atom. The van der Waals surface area contributed by atoms with Gasteiger partial charge in [-0.3, -0.25) is 14.3 Å². The van der Waals surface area contributed by atoms with Gasteiger partial charge in [-0.05, 0) is 61.1 Å². The third-order valence-corrected chi connectivity index (χ3v) is 6.83. The minimum atomic E-state index is -0.268. The highest BCUT2D eigenvalue weighted by molar-refractivity contribution is 7.99. The van der Waals surface area contributed by atoms with Crippen LogP contribution in [0.2, 0.25) is 0 Å². The van der Waals surface area contributed by atoms with Crippen LogP contribution in [-0.2, 0) is 30.7 Å². The van der Waals surface area contributed by atoms with Gasteiger partial charge in [0, 0.05) is 30.2 Å². The summed E-state index contributed by atoms with van der Waals surface area (Å²) in [4.78, 5) is 33.7. The number of hydrogen-bond donors (Lipinski definition) is 1. The molecule has 2 aromatic heterocycles. The maximum atomic E-state index is 12.9. The number of aromatic nitrogens is 3. The van der Waals surface area contributed by atoms with Crippen LogP contribution in [0.3, 0.4) is 0 Å². The summed E-state index contributed by atoms with van der Waals surface area (Å²) in [5, 5.41) is 3.61. The summed E-state index contributed by atoms with van der Waals surface area (Å²) < 4.78 is 12.5. The summed E-state index contributed by atoms with van der Waals surface area (Å²) in [7, 11) is 0. The average molecular weight is 465 g/mol. The van der Waals surface area contributed by atoms with Gasteiger partial charge in [0.2, 0.25) is 12.7 Å². The van der Waals surface area contributed by atoms with E-state index >= 15 is 0 Å². The van der Waals surface area contributed by atoms with Crippen molar-refractivity contribution in [3.63, 3.8) is 0 Å². The van der Waals surface area contributed by atoms with Crippen LogP contribution in [0, 0.1) is 0 Å². The lowest BCUT2D eigenvalue weighted by Crippen LogP contribution is -2.31. The first kappa shape index (κ1) is 21.5. The molecule has 1 amide bonds. The molecule has 0 atom stereocenters. The zero-order valence-electron chi connectivity index (χ0n) is 18.1. The first-order chi connectivity index (χ1) is 16.2. The van der Waals surface area contributed by atoms with Crippen LogP contribution >= 0.6 is 11.8 Å². The number of carbonyl (C=O) groups excluding carboxylic acids is 1. The van der Waals surface area contributed by atoms with Crippen molar-refractivity contribution in [3.8, 4) is 11.5 Å². The number of fused-ring (bicyclic) bond motifs is 2. The molecule has 3 aromatic rings. The number of carbonyl (C=O) groups is 1. The number of pyridine rings is 1. The quantitative estimate of drug-likeness (QED) is 0.424. The Bertz CT molecular complexity index is 1230. The number of nitrogens with one attached hydrogen (secondary N) is 1. The van der Waals surface area contributed by atoms with Gasteiger partial charge in [-0.2, -0.15) is 4.98 Å². The third-order valence-electron chi connectivity index (χ3n) is 5.81. The molecule has 0 saturated carbocycles. The summed E-state index contributed by atoms with van der Waals surface area (Å²) in [5.41, 5.74) is 3.83. The SMILES string of the molecule is O=C(CSc1nc(=O)n(Cc2ccncc2)c2c1CCCC2)NCc1ccc2c(c1)OCO2. The summed E-state index contributed by atoms with van der Waals surface area (Å²) in [6, 6.07) is 9.44. The molecule has 0 unspecified atom stereocenters. The normalized spacial score (nSPS) is 14.1. The van der Waals surface area contributed by atoms with Crippen molar-refractivity contribution in [3.05, 3.63) is 75.6 Å². The van der Waals surface area contributed by atoms with Gasteiger partial charge in [0.25, 0.3) is 0 Å². The Balaban J connectivity index is 1.26. The largest absolute Gasteiger partial charge is 0.454 e. The number of benzene rings is 1. The molecule has 5 rings (SSSR count). The molecule has 1 aromatic carbocycles. The fourth-order valence-electron chi connectivity index (χ4n) is 4.14. The van der Waals surface area contributed by atoms with E-state index in [1.54, 1.807) is 17.0 Å². The molecular formula is C24H24N4O4S. The Kier molecular flexibility index (Phi) is 6.30. The smallest absolute Gasteiger partial charge is 0.349 e. The van der Waals surface area contributed by atoms with Crippen LogP contribution in [0.4, 0.5) is 0 Å². The van der Waals surface area contributed by atoms with Gasteiger partial charge in [0.05, 0.1) is 12.3 Å². The molecule has 0 saturated heterocycles. The second kappa shape index (κ2) is 9.66. The van der Waals surface area contributed by atoms with E-state index in [9.17, 15) is 9.59 Å². The van der Waals surface area contributed by atoms with E-state index in [2.05, 4.69) is 15.3 Å². The minimum Gasteiger partial charge on any atom is -0.454 e. The number of rotatable bonds is 7. The average Bonchev–Trinajstić information content (AvgIpc) is 3.32. The molecule has 0 bridgehead atoms. The highest BCUT2D eigenvalue weighted by Crippen LogP contribution is 2.32. The van der Waals surface area contributed by atoms with Crippen molar-refractivity contribution >= 4 is 17.7 Å². The summed E-state index contributed by atoms with van der Waals surface area (Å²) in [6.07, 6.45) is 7.29. The lowest BCUT2D eigenvalue weighted by atomic mass is 9.97. The van der Waals surface area contributed by atoms with Gasteiger partial charge in [-0.25, -0.2) is 4.79 Å². The zero-order chi connectivity index (χ0) is 22.6. The van der Waals surface area contributed by atoms with Crippen LogP contribution in [0.1, 0.15) is 35.2 Å². The molecule has 1 aliphatic carbocycles. The van der Waals surface area contributed by atoms with E-state index in [1.165, 1.54) is 11.8 Å². The van der Waals surface area contributed by atoms with Crippen molar-refractivity contribution < 1.29 is 14.3 Å². The number of amides is 1. The van der Waals surface area contributed by atoms with Crippen molar-refractivity contribution in [1.82, 2.24) is 19.9 Å². The van der Waals surface area contributed by atoms with Gasteiger partial charge in [0.1, 0.15) is 5.03 Å². The van der Waals surface area contributed by atoms with E-state index in [0.29, 0.717) is 23.9 Å². The fraction of sp³-hybridized carbons (Fsp3) is 0.333. The Morgan fingerprint density at radius 3 is 2.76 bits per heavy atom. The maximum absolute atomic E-state index is 12.9. The lowest BCUT2D eigenvalue weighted by Gasteiger charge is -2.22. The molecule has 1 aliphatic heterocycles. The molecule has 9 heteroatoms. The molecule has 33 heavy (non-hydrogen) atoms. The van der Waals surface area contributed by atoms with E-state index < -0.39 is 0 Å². The predicted molar refractivity (Wildman–Crippen MR) is 124 cm³/mol. The Hall–Kier alpha value is -3.33. The summed E-state index contributed by atoms with van der Waals surface area (Å²) >= 11 is 1.34. The minimum absolute atomic E-state index is 0.106. The van der Waals surface area contributed by atoms with E-state index in [1.807, 2.05) is 30.3 Å². The maximum Gasteiger partial charge on any atom is 0.349 e. The molecular weight excluding hydrogens is 440 g/mol. The van der Waals surface area contributed by atoms with E-state index in [4.69, 9.17) is 9.47 Å². The molecule has 2 aliphatic rings. The fourth-order valence-corrected chi connectivity index (χ4v) is 5.04. The topological polar surface area (TPSA) is 95.3 Å². The van der Waals surface area contributed by atoms with Gasteiger partial charge in [0.15, 0.2) is 11.5 Å². The first-order valence-corrected chi connectivity index (χ1v) is 12.0. The molecule has 8 nitrogen and oxygen atoms in total. The second-order valence-corrected chi connectivity index (χ2v) is 8.99. The van der Waals surface area contributed by atoms with Crippen LogP contribution in [0.5, 0.6) is 11.5 Å². The molecule has 3 heterocycles. The van der Waals surface area contributed by atoms with Crippen LogP contribution in [0.15, 0.2) is 52.5 Å². The highest BCUT2D eigenvalue weighted by atomic mass is 32.2. The van der Waals surface area contributed by atoms with E-state index in [-0.39, 0.29) is 24.1 Å². The number of nitrogens with zero attached hydrogens (tertiary/aromatic N) is 3.